The van der Waals surface area contributed by atoms with Gasteiger partial charge in [-0.3, -0.25) is 4.68 Å². The van der Waals surface area contributed by atoms with Gasteiger partial charge in [-0.2, -0.15) is 5.10 Å². The van der Waals surface area contributed by atoms with E-state index in [2.05, 4.69) is 23.1 Å². The van der Waals surface area contributed by atoms with Gasteiger partial charge in [0.05, 0.1) is 0 Å². The molecule has 15 heavy (non-hydrogen) atoms. The molecule has 1 aliphatic carbocycles. The van der Waals surface area contributed by atoms with E-state index in [0.717, 1.165) is 19.3 Å². The first kappa shape index (κ1) is 10.4. The molecule has 0 bridgehead atoms. The van der Waals surface area contributed by atoms with Crippen molar-refractivity contribution in [3.05, 3.63) is 24.3 Å². The van der Waals surface area contributed by atoms with Crippen LogP contribution in [0.15, 0.2) is 18.5 Å². The summed E-state index contributed by atoms with van der Waals surface area (Å²) in [5.41, 5.74) is -0.920. The quantitative estimate of drug-likeness (QED) is 0.745. The molecule has 4 heteroatoms. The zero-order valence-electron chi connectivity index (χ0n) is 9.22. The first-order valence-corrected chi connectivity index (χ1v) is 5.42. The summed E-state index contributed by atoms with van der Waals surface area (Å²) in [5.74, 6) is 1.23. The standard InChI is InChI=1S/C11H17N3O/c1-3-9-4-6-11(15,7-5-9)10-12-8-13-14(10)2/h4,6,8-9,15H,3,5,7H2,1-2H3. The van der Waals surface area contributed by atoms with Gasteiger partial charge in [0.1, 0.15) is 11.9 Å². The van der Waals surface area contributed by atoms with Gasteiger partial charge in [-0.25, -0.2) is 4.98 Å². The monoisotopic (exact) mass is 207 g/mol. The topological polar surface area (TPSA) is 50.9 Å². The highest BCUT2D eigenvalue weighted by Crippen LogP contribution is 2.33. The van der Waals surface area contributed by atoms with Gasteiger partial charge in [-0.15, -0.1) is 0 Å². The first-order valence-electron chi connectivity index (χ1n) is 5.42. The van der Waals surface area contributed by atoms with Crippen LogP contribution >= 0.6 is 0 Å². The summed E-state index contributed by atoms with van der Waals surface area (Å²) in [6.07, 6.45) is 8.32. The summed E-state index contributed by atoms with van der Waals surface area (Å²) in [6.45, 7) is 2.17. The molecule has 0 spiro atoms. The number of nitrogens with zero attached hydrogens (tertiary/aromatic N) is 3. The maximum atomic E-state index is 10.4. The van der Waals surface area contributed by atoms with Gasteiger partial charge in [0.15, 0.2) is 5.82 Å². The molecule has 0 saturated carbocycles. The molecule has 1 aliphatic rings. The highest BCUT2D eigenvalue weighted by Gasteiger charge is 2.33. The minimum atomic E-state index is -0.920. The van der Waals surface area contributed by atoms with Crippen LogP contribution in [0.1, 0.15) is 32.0 Å². The SMILES string of the molecule is CCC1C=CC(O)(c2ncnn2C)CC1. The number of rotatable bonds is 2. The van der Waals surface area contributed by atoms with Crippen molar-refractivity contribution in [2.24, 2.45) is 13.0 Å². The first-order chi connectivity index (χ1) is 7.15. The molecule has 1 heterocycles. The fraction of sp³-hybridized carbons (Fsp3) is 0.636. The Hall–Kier alpha value is -1.16. The van der Waals surface area contributed by atoms with Crippen molar-refractivity contribution in [1.29, 1.82) is 0 Å². The Morgan fingerprint density at radius 1 is 1.67 bits per heavy atom. The van der Waals surface area contributed by atoms with Crippen LogP contribution in [0.3, 0.4) is 0 Å². The fourth-order valence-electron chi connectivity index (χ4n) is 2.09. The lowest BCUT2D eigenvalue weighted by atomic mass is 9.83. The summed E-state index contributed by atoms with van der Waals surface area (Å²) in [4.78, 5) is 4.11. The molecular formula is C11H17N3O. The van der Waals surface area contributed by atoms with Crippen LogP contribution in [-0.2, 0) is 12.6 Å². The molecule has 1 N–H and O–H groups in total. The largest absolute Gasteiger partial charge is 0.378 e. The molecule has 4 nitrogen and oxygen atoms in total. The highest BCUT2D eigenvalue weighted by molar-refractivity contribution is 5.16. The van der Waals surface area contributed by atoms with Crippen LogP contribution in [0, 0.1) is 5.92 Å². The minimum Gasteiger partial charge on any atom is -0.378 e. The smallest absolute Gasteiger partial charge is 0.162 e. The third-order valence-electron chi connectivity index (χ3n) is 3.16. The zero-order valence-corrected chi connectivity index (χ0v) is 9.22. The molecule has 2 atom stereocenters. The molecule has 0 amide bonds. The van der Waals surface area contributed by atoms with E-state index in [9.17, 15) is 5.11 Å². The molecule has 2 rings (SSSR count). The number of allylic oxidation sites excluding steroid dienone is 1. The van der Waals surface area contributed by atoms with Crippen LogP contribution < -0.4 is 0 Å². The number of hydrogen-bond acceptors (Lipinski definition) is 3. The molecule has 82 valence electrons. The number of aryl methyl sites for hydroxylation is 1. The van der Waals surface area contributed by atoms with Gasteiger partial charge < -0.3 is 5.11 Å². The summed E-state index contributed by atoms with van der Waals surface area (Å²) in [6, 6.07) is 0. The molecule has 1 aromatic rings. The van der Waals surface area contributed by atoms with Crippen molar-refractivity contribution in [2.45, 2.75) is 31.8 Å². The molecule has 0 saturated heterocycles. The van der Waals surface area contributed by atoms with Crippen LogP contribution in [0.4, 0.5) is 0 Å². The van der Waals surface area contributed by atoms with E-state index in [1.165, 1.54) is 6.33 Å². The van der Waals surface area contributed by atoms with Gasteiger partial charge in [0.2, 0.25) is 0 Å². The maximum Gasteiger partial charge on any atom is 0.162 e. The predicted molar refractivity (Wildman–Crippen MR) is 57.1 cm³/mol. The van der Waals surface area contributed by atoms with E-state index in [-0.39, 0.29) is 0 Å². The van der Waals surface area contributed by atoms with Gasteiger partial charge in [0, 0.05) is 7.05 Å². The fourth-order valence-corrected chi connectivity index (χ4v) is 2.09. The Balaban J connectivity index is 2.26. The van der Waals surface area contributed by atoms with Crippen LogP contribution in [-0.4, -0.2) is 19.9 Å². The molecule has 0 radical (unpaired) electrons. The number of aliphatic hydroxyl groups is 1. The second-order valence-corrected chi connectivity index (χ2v) is 4.20. The van der Waals surface area contributed by atoms with Crippen LogP contribution in [0.2, 0.25) is 0 Å². The predicted octanol–water partition coefficient (Wildman–Crippen LogP) is 1.38. The van der Waals surface area contributed by atoms with Crippen molar-refractivity contribution in [3.8, 4) is 0 Å². The Morgan fingerprint density at radius 3 is 2.93 bits per heavy atom. The second kappa shape index (κ2) is 3.77. The van der Waals surface area contributed by atoms with Gasteiger partial charge in [-0.1, -0.05) is 13.0 Å². The molecule has 0 fully saturated rings. The lowest BCUT2D eigenvalue weighted by Gasteiger charge is -2.29. The molecule has 0 aromatic carbocycles. The Morgan fingerprint density at radius 2 is 2.47 bits per heavy atom. The molecule has 2 unspecified atom stereocenters. The van der Waals surface area contributed by atoms with E-state index in [1.54, 1.807) is 11.7 Å². The average Bonchev–Trinajstić information content (AvgIpc) is 2.66. The van der Waals surface area contributed by atoms with Crippen molar-refractivity contribution < 1.29 is 5.11 Å². The highest BCUT2D eigenvalue weighted by atomic mass is 16.3. The molecular weight excluding hydrogens is 190 g/mol. The Kier molecular flexibility index (Phi) is 2.61. The lowest BCUT2D eigenvalue weighted by Crippen LogP contribution is -2.30. The second-order valence-electron chi connectivity index (χ2n) is 4.20. The summed E-state index contributed by atoms with van der Waals surface area (Å²) < 4.78 is 1.64. The molecule has 0 aliphatic heterocycles. The number of aromatic nitrogens is 3. The average molecular weight is 207 g/mol. The van der Waals surface area contributed by atoms with Crippen LogP contribution in [0.25, 0.3) is 0 Å². The zero-order chi connectivity index (χ0) is 10.9. The number of hydrogen-bond donors (Lipinski definition) is 1. The molecule has 1 aromatic heterocycles. The minimum absolute atomic E-state index is 0.596. The summed E-state index contributed by atoms with van der Waals surface area (Å²) in [5, 5.41) is 14.4. The van der Waals surface area contributed by atoms with Crippen molar-refractivity contribution >= 4 is 0 Å². The van der Waals surface area contributed by atoms with Gasteiger partial charge in [-0.05, 0) is 31.3 Å². The van der Waals surface area contributed by atoms with Crippen molar-refractivity contribution in [1.82, 2.24) is 14.8 Å². The maximum absolute atomic E-state index is 10.4. The Bertz CT molecular complexity index is 372. The third kappa shape index (κ3) is 1.81. The van der Waals surface area contributed by atoms with E-state index in [1.807, 2.05) is 6.08 Å². The van der Waals surface area contributed by atoms with E-state index >= 15 is 0 Å². The van der Waals surface area contributed by atoms with E-state index in [0.29, 0.717) is 11.7 Å². The van der Waals surface area contributed by atoms with E-state index < -0.39 is 5.60 Å². The van der Waals surface area contributed by atoms with Gasteiger partial charge in [0.25, 0.3) is 0 Å². The van der Waals surface area contributed by atoms with Crippen molar-refractivity contribution in [2.75, 3.05) is 0 Å². The summed E-state index contributed by atoms with van der Waals surface area (Å²) in [7, 11) is 1.81. The van der Waals surface area contributed by atoms with E-state index in [4.69, 9.17) is 0 Å². The van der Waals surface area contributed by atoms with Gasteiger partial charge >= 0.3 is 0 Å². The normalized spacial score (nSPS) is 30.7. The third-order valence-corrected chi connectivity index (χ3v) is 3.16. The van der Waals surface area contributed by atoms with Crippen molar-refractivity contribution in [3.63, 3.8) is 0 Å². The van der Waals surface area contributed by atoms with Crippen LogP contribution in [0.5, 0.6) is 0 Å². The summed E-state index contributed by atoms with van der Waals surface area (Å²) >= 11 is 0. The lowest BCUT2D eigenvalue weighted by molar-refractivity contribution is 0.0533. The Labute approximate surface area is 89.6 Å².